The fourth-order valence-electron chi connectivity index (χ4n) is 1.71. The Kier molecular flexibility index (Phi) is 4.52. The molecule has 2 N–H and O–H groups in total. The number of phenols is 1. The molecule has 0 saturated heterocycles. The van der Waals surface area contributed by atoms with Crippen LogP contribution in [-0.4, -0.2) is 11.0 Å². The molecule has 0 aliphatic rings. The highest BCUT2D eigenvalue weighted by Gasteiger charge is 2.18. The minimum Gasteiger partial charge on any atom is -0.507 e. The van der Waals surface area contributed by atoms with Crippen molar-refractivity contribution in [1.29, 1.82) is 0 Å². The molecule has 0 saturated carbocycles. The predicted octanol–water partition coefficient (Wildman–Crippen LogP) is 3.50. The van der Waals surface area contributed by atoms with E-state index in [0.29, 0.717) is 16.6 Å². The lowest BCUT2D eigenvalue weighted by molar-refractivity contribution is 0.0943. The second kappa shape index (κ2) is 6.17. The summed E-state index contributed by atoms with van der Waals surface area (Å²) in [5.41, 5.74) is -0.498. The Balaban J connectivity index is 2.16. The first-order valence-corrected chi connectivity index (χ1v) is 6.58. The SMILES string of the molecule is O=C(NCc1ccc(Br)cc1F)c1c(O)cc(F)cc1F. The number of phenolic OH excluding ortho intramolecular Hbond substituents is 1. The Morgan fingerprint density at radius 3 is 2.48 bits per heavy atom. The monoisotopic (exact) mass is 359 g/mol. The molecule has 7 heteroatoms. The maximum absolute atomic E-state index is 13.6. The quantitative estimate of drug-likeness (QED) is 0.880. The molecule has 3 nitrogen and oxygen atoms in total. The van der Waals surface area contributed by atoms with Gasteiger partial charge in [-0.15, -0.1) is 0 Å². The minimum atomic E-state index is -1.19. The van der Waals surface area contributed by atoms with Gasteiger partial charge in [-0.3, -0.25) is 4.79 Å². The maximum atomic E-state index is 13.6. The van der Waals surface area contributed by atoms with Crippen LogP contribution in [0.2, 0.25) is 0 Å². The zero-order chi connectivity index (χ0) is 15.6. The van der Waals surface area contributed by atoms with Gasteiger partial charge in [-0.25, -0.2) is 13.2 Å². The number of hydrogen-bond acceptors (Lipinski definition) is 2. The zero-order valence-corrected chi connectivity index (χ0v) is 12.0. The standard InChI is InChI=1S/C14H9BrF3NO2/c15-8-2-1-7(10(17)3-8)6-19-14(21)13-11(18)4-9(16)5-12(13)20/h1-5,20H,6H2,(H,19,21). The molecule has 110 valence electrons. The van der Waals surface area contributed by atoms with E-state index in [1.807, 2.05) is 0 Å². The smallest absolute Gasteiger partial charge is 0.258 e. The van der Waals surface area contributed by atoms with E-state index >= 15 is 0 Å². The third-order valence-electron chi connectivity index (χ3n) is 2.72. The van der Waals surface area contributed by atoms with Gasteiger partial charge in [-0.2, -0.15) is 0 Å². The van der Waals surface area contributed by atoms with Gasteiger partial charge in [0.05, 0.1) is 0 Å². The second-order valence-corrected chi connectivity index (χ2v) is 5.12. The van der Waals surface area contributed by atoms with Gasteiger partial charge in [-0.1, -0.05) is 22.0 Å². The van der Waals surface area contributed by atoms with Gasteiger partial charge in [0.1, 0.15) is 28.8 Å². The summed E-state index contributed by atoms with van der Waals surface area (Å²) in [6, 6.07) is 5.35. The molecular weight excluding hydrogens is 351 g/mol. The van der Waals surface area contributed by atoms with Crippen LogP contribution >= 0.6 is 15.9 Å². The lowest BCUT2D eigenvalue weighted by Gasteiger charge is -2.09. The van der Waals surface area contributed by atoms with E-state index in [-0.39, 0.29) is 12.1 Å². The Morgan fingerprint density at radius 1 is 1.14 bits per heavy atom. The molecule has 21 heavy (non-hydrogen) atoms. The van der Waals surface area contributed by atoms with E-state index in [9.17, 15) is 23.1 Å². The summed E-state index contributed by atoms with van der Waals surface area (Å²) in [6.45, 7) is -0.200. The van der Waals surface area contributed by atoms with E-state index in [1.165, 1.54) is 12.1 Å². The van der Waals surface area contributed by atoms with E-state index in [1.54, 1.807) is 6.07 Å². The van der Waals surface area contributed by atoms with Crippen molar-refractivity contribution in [1.82, 2.24) is 5.32 Å². The number of carbonyl (C=O) groups excluding carboxylic acids is 1. The summed E-state index contributed by atoms with van der Waals surface area (Å²) in [4.78, 5) is 11.8. The highest BCUT2D eigenvalue weighted by molar-refractivity contribution is 9.10. The highest BCUT2D eigenvalue weighted by atomic mass is 79.9. The van der Waals surface area contributed by atoms with Crippen molar-refractivity contribution < 1.29 is 23.1 Å². The third-order valence-corrected chi connectivity index (χ3v) is 3.21. The van der Waals surface area contributed by atoms with Crippen LogP contribution < -0.4 is 5.32 Å². The predicted molar refractivity (Wildman–Crippen MR) is 73.3 cm³/mol. The first-order valence-electron chi connectivity index (χ1n) is 5.78. The van der Waals surface area contributed by atoms with Crippen molar-refractivity contribution in [3.8, 4) is 5.75 Å². The molecule has 0 aromatic heterocycles. The van der Waals surface area contributed by atoms with Crippen molar-refractivity contribution >= 4 is 21.8 Å². The van der Waals surface area contributed by atoms with Crippen LogP contribution in [0.1, 0.15) is 15.9 Å². The number of amides is 1. The average Bonchev–Trinajstić information content (AvgIpc) is 2.36. The number of nitrogens with one attached hydrogen (secondary N) is 1. The van der Waals surface area contributed by atoms with Crippen LogP contribution in [0, 0.1) is 17.5 Å². The first-order chi connectivity index (χ1) is 9.88. The summed E-state index contributed by atoms with van der Waals surface area (Å²) < 4.78 is 40.4. The lowest BCUT2D eigenvalue weighted by atomic mass is 10.1. The Labute approximate surface area is 126 Å². The van der Waals surface area contributed by atoms with Crippen LogP contribution in [0.25, 0.3) is 0 Å². The van der Waals surface area contributed by atoms with Gasteiger partial charge in [0.15, 0.2) is 0 Å². The molecule has 0 aliphatic heterocycles. The molecule has 2 aromatic carbocycles. The van der Waals surface area contributed by atoms with Crippen LogP contribution in [0.5, 0.6) is 5.75 Å². The molecule has 1 amide bonds. The van der Waals surface area contributed by atoms with Gasteiger partial charge in [0.2, 0.25) is 0 Å². The van der Waals surface area contributed by atoms with Crippen molar-refractivity contribution in [3.05, 3.63) is 63.4 Å². The first kappa shape index (κ1) is 15.4. The average molecular weight is 360 g/mol. The topological polar surface area (TPSA) is 49.3 Å². The third kappa shape index (κ3) is 3.55. The minimum absolute atomic E-state index is 0.188. The van der Waals surface area contributed by atoms with Crippen molar-refractivity contribution in [2.75, 3.05) is 0 Å². The van der Waals surface area contributed by atoms with Crippen molar-refractivity contribution in [2.45, 2.75) is 6.54 Å². The molecule has 0 atom stereocenters. The molecule has 0 heterocycles. The molecule has 0 bridgehead atoms. The largest absolute Gasteiger partial charge is 0.507 e. The number of benzene rings is 2. The van der Waals surface area contributed by atoms with Crippen LogP contribution in [0.15, 0.2) is 34.8 Å². The number of halogens is 4. The molecule has 0 fully saturated rings. The summed E-state index contributed by atoms with van der Waals surface area (Å²) in [5, 5.41) is 11.7. The lowest BCUT2D eigenvalue weighted by Crippen LogP contribution is -2.24. The molecule has 0 spiro atoms. The van der Waals surface area contributed by atoms with Crippen LogP contribution in [-0.2, 0) is 6.54 Å². The van der Waals surface area contributed by atoms with E-state index in [2.05, 4.69) is 21.2 Å². The van der Waals surface area contributed by atoms with Gasteiger partial charge in [-0.05, 0) is 12.1 Å². The molecule has 2 rings (SSSR count). The Hall–Kier alpha value is -2.02. The zero-order valence-electron chi connectivity index (χ0n) is 10.5. The fraction of sp³-hybridized carbons (Fsp3) is 0.0714. The summed E-state index contributed by atoms with van der Waals surface area (Å²) in [7, 11) is 0. The molecule has 0 unspecified atom stereocenters. The molecule has 0 aliphatic carbocycles. The number of rotatable bonds is 3. The number of carbonyl (C=O) groups is 1. The van der Waals surface area contributed by atoms with E-state index in [4.69, 9.17) is 0 Å². The van der Waals surface area contributed by atoms with Gasteiger partial charge < -0.3 is 10.4 Å². The van der Waals surface area contributed by atoms with Crippen LogP contribution in [0.3, 0.4) is 0 Å². The van der Waals surface area contributed by atoms with Crippen LogP contribution in [0.4, 0.5) is 13.2 Å². The van der Waals surface area contributed by atoms with Gasteiger partial charge in [0.25, 0.3) is 5.91 Å². The summed E-state index contributed by atoms with van der Waals surface area (Å²) in [5.74, 6) is -4.52. The Bertz CT molecular complexity index is 684. The summed E-state index contributed by atoms with van der Waals surface area (Å²) in [6.07, 6.45) is 0. The molecular formula is C14H9BrF3NO2. The van der Waals surface area contributed by atoms with Gasteiger partial charge >= 0.3 is 0 Å². The fourth-order valence-corrected chi connectivity index (χ4v) is 2.05. The highest BCUT2D eigenvalue weighted by Crippen LogP contribution is 2.22. The normalized spacial score (nSPS) is 10.5. The van der Waals surface area contributed by atoms with Gasteiger partial charge in [0, 0.05) is 28.7 Å². The van der Waals surface area contributed by atoms with E-state index < -0.39 is 34.7 Å². The number of aromatic hydroxyl groups is 1. The second-order valence-electron chi connectivity index (χ2n) is 4.20. The molecule has 0 radical (unpaired) electrons. The van der Waals surface area contributed by atoms with Crippen molar-refractivity contribution in [2.24, 2.45) is 0 Å². The maximum Gasteiger partial charge on any atom is 0.258 e. The Morgan fingerprint density at radius 2 is 1.86 bits per heavy atom. The van der Waals surface area contributed by atoms with E-state index in [0.717, 1.165) is 0 Å². The summed E-state index contributed by atoms with van der Waals surface area (Å²) >= 11 is 3.09. The number of hydrogen-bond donors (Lipinski definition) is 2. The van der Waals surface area contributed by atoms with Crippen molar-refractivity contribution in [3.63, 3.8) is 0 Å². The molecule has 2 aromatic rings.